The summed E-state index contributed by atoms with van der Waals surface area (Å²) in [5.41, 5.74) is 5.59. The van der Waals surface area contributed by atoms with Crippen LogP contribution in [0.4, 0.5) is 0 Å². The zero-order chi connectivity index (χ0) is 53.2. The van der Waals surface area contributed by atoms with Crippen molar-refractivity contribution < 1.29 is 159 Å². The molecule has 2 N–H and O–H groups in total. The molecule has 6 saturated heterocycles. The molecular formula is C58H70B6K2N4O10+2. The number of hydrogen-bond donors (Lipinski definition) is 0. The van der Waals surface area contributed by atoms with Gasteiger partial charge in [-0.25, -0.2) is 0 Å². The number of rotatable bonds is 8. The van der Waals surface area contributed by atoms with Gasteiger partial charge in [-0.2, -0.15) is 10.2 Å². The van der Waals surface area contributed by atoms with E-state index < -0.39 is 41.8 Å². The minimum atomic E-state index is -2.08. The second kappa shape index (κ2) is 36.0. The van der Waals surface area contributed by atoms with Crippen LogP contribution in [0.3, 0.4) is 0 Å². The molecule has 0 unspecified atom stereocenters. The van der Waals surface area contributed by atoms with E-state index in [-0.39, 0.29) is 103 Å². The maximum atomic E-state index is 6.59. The average Bonchev–Trinajstić information content (AvgIpc) is 4.49. The van der Waals surface area contributed by atoms with Crippen molar-refractivity contribution in [2.75, 3.05) is 52.9 Å². The van der Waals surface area contributed by atoms with E-state index in [0.29, 0.717) is 0 Å². The van der Waals surface area contributed by atoms with Crippen LogP contribution in [0.2, 0.25) is 0 Å². The topological polar surface area (TPSA) is 130 Å². The number of aromatic amines is 2. The molecule has 6 aliphatic rings. The molecule has 6 aromatic carbocycles. The summed E-state index contributed by atoms with van der Waals surface area (Å²) in [6, 6.07) is 63.6. The largest absolute Gasteiger partial charge is 1.00 e. The zero-order valence-corrected chi connectivity index (χ0v) is 52.8. The summed E-state index contributed by atoms with van der Waals surface area (Å²) in [5, 5.41) is 6.46. The van der Waals surface area contributed by atoms with E-state index in [1.165, 1.54) is 51.4 Å². The molecule has 0 bridgehead atoms. The Kier molecular flexibility index (Phi) is 29.0. The number of benzene rings is 6. The third-order valence-corrected chi connectivity index (χ3v) is 13.6. The van der Waals surface area contributed by atoms with Gasteiger partial charge in [-0.3, -0.25) is 9.19 Å². The predicted molar refractivity (Wildman–Crippen MR) is 310 cm³/mol. The fourth-order valence-corrected chi connectivity index (χ4v) is 9.53. The standard InChI is InChI=1S/2C21H18B3N2O3.4C4H8O.2K/c2*1-4-11-19(12-5-1)22-27-23(20-13-6-2-7-14-20)29-24(28-22,26-18-10-17-25-26)21-15-8-3-9-16-21;4*1-2-4-5-3-1;;/h2*1-18H;4*1-4H2;;/q2*-1;;;;;2*+1/p+2. The van der Waals surface area contributed by atoms with Gasteiger partial charge in [-0.15, -0.1) is 10.9 Å². The van der Waals surface area contributed by atoms with E-state index in [2.05, 4.69) is 10.2 Å². The van der Waals surface area contributed by atoms with E-state index >= 15 is 0 Å². The molecule has 14 rings (SSSR count). The maximum Gasteiger partial charge on any atom is 1.00 e. The zero-order valence-electron chi connectivity index (χ0n) is 46.5. The van der Waals surface area contributed by atoms with Crippen LogP contribution in [-0.2, 0) is 46.4 Å². The van der Waals surface area contributed by atoms with Gasteiger partial charge >= 0.3 is 145 Å². The molecule has 0 aliphatic carbocycles. The first kappa shape index (κ1) is 64.6. The number of nitrogens with zero attached hydrogens (tertiary/aromatic N) is 2. The number of nitrogens with one attached hydrogen (secondary N) is 2. The van der Waals surface area contributed by atoms with Crippen molar-refractivity contribution in [1.82, 2.24) is 9.19 Å². The van der Waals surface area contributed by atoms with Crippen LogP contribution in [-0.4, -0.2) is 104 Å². The molecule has 0 radical (unpaired) electrons. The molecule has 8 heterocycles. The molecule has 6 aliphatic heterocycles. The summed E-state index contributed by atoms with van der Waals surface area (Å²) < 4.78 is 62.5. The molecule has 6 fully saturated rings. The first-order valence-electron chi connectivity index (χ1n) is 27.7. The van der Waals surface area contributed by atoms with E-state index in [1.54, 1.807) is 0 Å². The first-order chi connectivity index (χ1) is 38.7. The predicted octanol–water partition coefficient (Wildman–Crippen LogP) is -1.10. The second-order valence-corrected chi connectivity index (χ2v) is 19.3. The molecule has 0 spiro atoms. The van der Waals surface area contributed by atoms with Crippen molar-refractivity contribution in [3.8, 4) is 0 Å². The minimum Gasteiger partial charge on any atom is -0.584 e. The fraction of sp³-hybridized carbons (Fsp3) is 0.276. The van der Waals surface area contributed by atoms with Crippen LogP contribution in [0.15, 0.2) is 219 Å². The summed E-state index contributed by atoms with van der Waals surface area (Å²) in [4.78, 5) is 0. The Morgan fingerprint density at radius 2 is 0.525 bits per heavy atom. The van der Waals surface area contributed by atoms with E-state index in [9.17, 15) is 0 Å². The summed E-state index contributed by atoms with van der Waals surface area (Å²) in [6.07, 6.45) is 17.8. The van der Waals surface area contributed by atoms with Gasteiger partial charge in [0.25, 0.3) is 0 Å². The van der Waals surface area contributed by atoms with Gasteiger partial charge in [0, 0.05) is 77.4 Å². The Bertz CT molecular complexity index is 2490. The second-order valence-electron chi connectivity index (χ2n) is 19.3. The molecule has 0 amide bonds. The van der Waals surface area contributed by atoms with Crippen LogP contribution in [0.5, 0.6) is 0 Å². The number of ether oxygens (including phenoxy) is 4. The minimum absolute atomic E-state index is 0. The average molecular weight is 1130 g/mol. The van der Waals surface area contributed by atoms with Gasteiger partial charge in [0.1, 0.15) is 0 Å². The van der Waals surface area contributed by atoms with Crippen molar-refractivity contribution in [2.24, 2.45) is 0 Å². The van der Waals surface area contributed by atoms with Crippen LogP contribution in [0.1, 0.15) is 51.4 Å². The molecule has 14 nitrogen and oxygen atoms in total. The van der Waals surface area contributed by atoms with Gasteiger partial charge < -0.3 is 46.4 Å². The Balaban J connectivity index is 0.000000168. The van der Waals surface area contributed by atoms with E-state index in [0.717, 1.165) is 85.6 Å². The normalized spacial score (nSPS) is 17.6. The maximum absolute atomic E-state index is 6.59. The van der Waals surface area contributed by atoms with Gasteiger partial charge in [-0.05, 0) is 73.2 Å². The Morgan fingerprint density at radius 3 is 0.713 bits per heavy atom. The molecule has 8 aromatic rings. The first-order valence-corrected chi connectivity index (χ1v) is 27.7. The van der Waals surface area contributed by atoms with E-state index in [1.807, 2.05) is 228 Å². The van der Waals surface area contributed by atoms with Crippen molar-refractivity contribution >= 4 is 74.6 Å². The quantitative estimate of drug-likeness (QED) is 0.173. The summed E-state index contributed by atoms with van der Waals surface area (Å²) >= 11 is 0. The van der Waals surface area contributed by atoms with Crippen LogP contribution in [0.25, 0.3) is 0 Å². The van der Waals surface area contributed by atoms with Crippen molar-refractivity contribution in [2.45, 2.75) is 51.4 Å². The van der Waals surface area contributed by atoms with Crippen molar-refractivity contribution in [3.05, 3.63) is 219 Å². The van der Waals surface area contributed by atoms with Crippen LogP contribution < -0.4 is 146 Å². The van der Waals surface area contributed by atoms with Gasteiger partial charge in [0.05, 0.1) is 0 Å². The Hall–Kier alpha value is -3.00. The van der Waals surface area contributed by atoms with Crippen LogP contribution in [0, 0.1) is 0 Å². The summed E-state index contributed by atoms with van der Waals surface area (Å²) in [6.45, 7) is 3.84. The fourth-order valence-electron chi connectivity index (χ4n) is 9.53. The monoisotopic (exact) mass is 1130 g/mol. The van der Waals surface area contributed by atoms with Crippen molar-refractivity contribution in [3.63, 3.8) is 0 Å². The van der Waals surface area contributed by atoms with Gasteiger partial charge in [-0.1, -0.05) is 182 Å². The number of H-pyrrole nitrogens is 2. The van der Waals surface area contributed by atoms with Crippen LogP contribution >= 0.6 is 0 Å². The molecule has 0 saturated carbocycles. The van der Waals surface area contributed by atoms with Crippen molar-refractivity contribution in [1.29, 1.82) is 0 Å². The smallest absolute Gasteiger partial charge is 0.584 e. The molecule has 80 heavy (non-hydrogen) atoms. The molecular weight excluding hydrogens is 1060 g/mol. The Morgan fingerprint density at radius 1 is 0.300 bits per heavy atom. The SMILES string of the molecule is C1CCOC1.C1CCOC1.C1CCOC1.C1CCOC1.[K+].[K+].c1ccc(B2OB(c3ccccc3)O[B-](c3ccccc3)(n3ccc[nH+]3)O2)cc1.c1ccc(B2OB(c3ccccc3)O[B-](c3ccccc3)(n3ccc[nH+]3)O2)cc1. The van der Waals surface area contributed by atoms with Gasteiger partial charge in [0.2, 0.25) is 0 Å². The molecule has 22 heteroatoms. The van der Waals surface area contributed by atoms with Gasteiger partial charge in [0.15, 0.2) is 12.4 Å². The van der Waals surface area contributed by atoms with E-state index in [4.69, 9.17) is 46.4 Å². The molecule has 400 valence electrons. The molecule has 2 aromatic heterocycles. The number of aromatic nitrogens is 4. The molecule has 0 atom stereocenters. The number of hydrogen-bond acceptors (Lipinski definition) is 10. The third kappa shape index (κ3) is 19.0. The summed E-state index contributed by atoms with van der Waals surface area (Å²) in [5.74, 6) is 0. The Labute approximate surface area is 559 Å². The summed E-state index contributed by atoms with van der Waals surface area (Å²) in [7, 11) is -2.37. The third-order valence-electron chi connectivity index (χ3n) is 13.6.